The van der Waals surface area contributed by atoms with Gasteiger partial charge in [-0.25, -0.2) is 0 Å². The molecule has 0 spiro atoms. The Morgan fingerprint density at radius 3 is 2.44 bits per heavy atom. The van der Waals surface area contributed by atoms with E-state index >= 15 is 0 Å². The summed E-state index contributed by atoms with van der Waals surface area (Å²) in [7, 11) is 0. The molecule has 0 aromatic heterocycles. The van der Waals surface area contributed by atoms with Crippen LogP contribution in [0, 0.1) is 0 Å². The second kappa shape index (κ2) is 4.13. The lowest BCUT2D eigenvalue weighted by Gasteiger charge is -1.94. The third-order valence-electron chi connectivity index (χ3n) is 1.08. The monoisotopic (exact) mass is 127 g/mol. The Morgan fingerprint density at radius 2 is 2.11 bits per heavy atom. The highest BCUT2D eigenvalue weighted by Gasteiger charge is 1.91. The van der Waals surface area contributed by atoms with E-state index in [0.29, 0.717) is 0 Å². The number of hydrogen-bond acceptors (Lipinski definition) is 2. The van der Waals surface area contributed by atoms with Gasteiger partial charge in [0.15, 0.2) is 5.78 Å². The topological polar surface area (TPSA) is 29.1 Å². The zero-order valence-corrected chi connectivity index (χ0v) is 6.19. The molecule has 9 heavy (non-hydrogen) atoms. The Kier molecular flexibility index (Phi) is 3.76. The Labute approximate surface area is 56.0 Å². The molecule has 0 heterocycles. The first-order chi connectivity index (χ1) is 4.18. The molecule has 0 aliphatic rings. The van der Waals surface area contributed by atoms with E-state index in [4.69, 9.17) is 0 Å². The number of allylic oxidation sites excluding steroid dienone is 1. The number of carbonyl (C=O) groups is 1. The predicted molar refractivity (Wildman–Crippen MR) is 38.1 cm³/mol. The molecule has 0 aliphatic carbocycles. The minimum Gasteiger partial charge on any atom is -0.391 e. The molecule has 1 N–H and O–H groups in total. The van der Waals surface area contributed by atoms with Gasteiger partial charge in [0, 0.05) is 18.3 Å². The van der Waals surface area contributed by atoms with E-state index in [2.05, 4.69) is 5.32 Å². The first kappa shape index (κ1) is 8.21. The minimum atomic E-state index is 0.121. The fourth-order valence-corrected chi connectivity index (χ4v) is 0.357. The lowest BCUT2D eigenvalue weighted by Crippen LogP contribution is -2.05. The molecular weight excluding hydrogens is 114 g/mol. The van der Waals surface area contributed by atoms with Crippen LogP contribution in [0.15, 0.2) is 11.8 Å². The number of hydrogen-bond donors (Lipinski definition) is 1. The largest absolute Gasteiger partial charge is 0.391 e. The third kappa shape index (κ3) is 3.76. The van der Waals surface area contributed by atoms with Crippen molar-refractivity contribution in [1.82, 2.24) is 5.32 Å². The molecule has 0 aromatic rings. The average molecular weight is 127 g/mol. The normalized spacial score (nSPS) is 11.2. The Hall–Kier alpha value is -0.790. The first-order valence-corrected chi connectivity index (χ1v) is 3.09. The van der Waals surface area contributed by atoms with Crippen molar-refractivity contribution in [1.29, 1.82) is 0 Å². The van der Waals surface area contributed by atoms with Gasteiger partial charge in [-0.05, 0) is 20.8 Å². The maximum absolute atomic E-state index is 10.5. The molecule has 0 unspecified atom stereocenters. The Bertz CT molecular complexity index is 127. The summed E-state index contributed by atoms with van der Waals surface area (Å²) in [6.45, 7) is 6.21. The van der Waals surface area contributed by atoms with Gasteiger partial charge in [0.25, 0.3) is 0 Å². The molecule has 0 fully saturated rings. The number of carbonyl (C=O) groups excluding carboxylic acids is 1. The van der Waals surface area contributed by atoms with Crippen molar-refractivity contribution in [2.75, 3.05) is 6.54 Å². The summed E-state index contributed by atoms with van der Waals surface area (Å²) in [6.07, 6.45) is 1.74. The zero-order chi connectivity index (χ0) is 7.28. The van der Waals surface area contributed by atoms with Crippen molar-refractivity contribution in [3.05, 3.63) is 11.8 Å². The average Bonchev–Trinajstić information content (AvgIpc) is 1.82. The summed E-state index contributed by atoms with van der Waals surface area (Å²) in [5, 5.41) is 2.95. The molecule has 0 radical (unpaired) electrons. The van der Waals surface area contributed by atoms with Gasteiger partial charge in [0.05, 0.1) is 0 Å². The summed E-state index contributed by atoms with van der Waals surface area (Å²) in [4.78, 5) is 10.5. The standard InChI is InChI=1S/C7H13NO/c1-4-8-5-6(2)7(3)9/h5,8H,4H2,1-3H3/b6-5-. The molecular formula is C7H13NO. The molecule has 0 bridgehead atoms. The molecule has 0 aromatic carbocycles. The van der Waals surface area contributed by atoms with Crippen molar-refractivity contribution >= 4 is 5.78 Å². The highest BCUT2D eigenvalue weighted by Crippen LogP contribution is 1.89. The van der Waals surface area contributed by atoms with E-state index in [1.54, 1.807) is 20.0 Å². The van der Waals surface area contributed by atoms with E-state index in [0.717, 1.165) is 12.1 Å². The van der Waals surface area contributed by atoms with Crippen LogP contribution >= 0.6 is 0 Å². The predicted octanol–water partition coefficient (Wildman–Crippen LogP) is 1.09. The molecule has 0 saturated carbocycles. The molecule has 0 aliphatic heterocycles. The Morgan fingerprint density at radius 1 is 1.56 bits per heavy atom. The zero-order valence-electron chi connectivity index (χ0n) is 6.19. The van der Waals surface area contributed by atoms with Crippen molar-refractivity contribution in [3.63, 3.8) is 0 Å². The van der Waals surface area contributed by atoms with Crippen LogP contribution in [0.4, 0.5) is 0 Å². The van der Waals surface area contributed by atoms with Crippen LogP contribution in [0.25, 0.3) is 0 Å². The van der Waals surface area contributed by atoms with E-state index in [1.807, 2.05) is 6.92 Å². The fraction of sp³-hybridized carbons (Fsp3) is 0.571. The van der Waals surface area contributed by atoms with Gasteiger partial charge >= 0.3 is 0 Å². The summed E-state index contributed by atoms with van der Waals surface area (Å²) >= 11 is 0. The SMILES string of the molecule is CCN/C=C(/C)C(C)=O. The fourth-order valence-electron chi connectivity index (χ4n) is 0.357. The van der Waals surface area contributed by atoms with E-state index in [1.165, 1.54) is 0 Å². The summed E-state index contributed by atoms with van der Waals surface area (Å²) in [6, 6.07) is 0. The third-order valence-corrected chi connectivity index (χ3v) is 1.08. The molecule has 0 saturated heterocycles. The second-order valence-corrected chi connectivity index (χ2v) is 1.94. The molecule has 0 rings (SSSR count). The van der Waals surface area contributed by atoms with Crippen molar-refractivity contribution < 1.29 is 4.79 Å². The van der Waals surface area contributed by atoms with Gasteiger partial charge < -0.3 is 5.32 Å². The minimum absolute atomic E-state index is 0.121. The van der Waals surface area contributed by atoms with Crippen LogP contribution in [0.2, 0.25) is 0 Å². The maximum Gasteiger partial charge on any atom is 0.156 e. The van der Waals surface area contributed by atoms with Crippen molar-refractivity contribution in [3.8, 4) is 0 Å². The summed E-state index contributed by atoms with van der Waals surface area (Å²) in [5.41, 5.74) is 0.775. The number of Topliss-reactive ketones (excluding diaryl/α,β-unsaturated/α-hetero) is 1. The van der Waals surface area contributed by atoms with Gasteiger partial charge in [-0.1, -0.05) is 0 Å². The molecule has 0 atom stereocenters. The van der Waals surface area contributed by atoms with Crippen LogP contribution in [0.1, 0.15) is 20.8 Å². The highest BCUT2D eigenvalue weighted by molar-refractivity contribution is 5.92. The van der Waals surface area contributed by atoms with Gasteiger partial charge in [-0.15, -0.1) is 0 Å². The number of ketones is 1. The van der Waals surface area contributed by atoms with Crippen molar-refractivity contribution in [2.45, 2.75) is 20.8 Å². The lowest BCUT2D eigenvalue weighted by atomic mass is 10.2. The Balaban J connectivity index is 3.69. The first-order valence-electron chi connectivity index (χ1n) is 3.09. The van der Waals surface area contributed by atoms with Crippen LogP contribution in [0.3, 0.4) is 0 Å². The van der Waals surface area contributed by atoms with Gasteiger partial charge in [0.2, 0.25) is 0 Å². The van der Waals surface area contributed by atoms with E-state index in [-0.39, 0.29) is 5.78 Å². The second-order valence-electron chi connectivity index (χ2n) is 1.94. The summed E-state index contributed by atoms with van der Waals surface area (Å²) in [5.74, 6) is 0.121. The number of rotatable bonds is 3. The van der Waals surface area contributed by atoms with Gasteiger partial charge in [-0.2, -0.15) is 0 Å². The summed E-state index contributed by atoms with van der Waals surface area (Å²) < 4.78 is 0. The quantitative estimate of drug-likeness (QED) is 0.575. The smallest absolute Gasteiger partial charge is 0.156 e. The van der Waals surface area contributed by atoms with Crippen LogP contribution in [-0.4, -0.2) is 12.3 Å². The molecule has 0 amide bonds. The van der Waals surface area contributed by atoms with E-state index in [9.17, 15) is 4.79 Å². The molecule has 2 heteroatoms. The number of nitrogens with one attached hydrogen (secondary N) is 1. The van der Waals surface area contributed by atoms with Crippen LogP contribution in [0.5, 0.6) is 0 Å². The van der Waals surface area contributed by atoms with Crippen molar-refractivity contribution in [2.24, 2.45) is 0 Å². The molecule has 52 valence electrons. The molecule has 2 nitrogen and oxygen atoms in total. The van der Waals surface area contributed by atoms with Crippen LogP contribution in [-0.2, 0) is 4.79 Å². The van der Waals surface area contributed by atoms with Gasteiger partial charge in [-0.3, -0.25) is 4.79 Å². The van der Waals surface area contributed by atoms with Gasteiger partial charge in [0.1, 0.15) is 0 Å². The van der Waals surface area contributed by atoms with E-state index < -0.39 is 0 Å². The maximum atomic E-state index is 10.5. The lowest BCUT2D eigenvalue weighted by molar-refractivity contribution is -0.113. The highest BCUT2D eigenvalue weighted by atomic mass is 16.1. The van der Waals surface area contributed by atoms with Crippen LogP contribution < -0.4 is 5.32 Å².